The third-order valence-electron chi connectivity index (χ3n) is 3.11. The summed E-state index contributed by atoms with van der Waals surface area (Å²) in [6.07, 6.45) is 2.19. The standard InChI is InChI=1S/C14H13N3O2S2/c1-2-10-11(12(18)15-8-9-4-3-6-20-9)13(19)17-5-7-21-14(17)16-10/h3-7H,2,8H2,1H3,(H,15,18). The molecule has 3 aromatic heterocycles. The molecule has 0 fully saturated rings. The van der Waals surface area contributed by atoms with E-state index in [1.807, 2.05) is 24.4 Å². The summed E-state index contributed by atoms with van der Waals surface area (Å²) in [4.78, 5) is 30.9. The van der Waals surface area contributed by atoms with Crippen LogP contribution in [-0.2, 0) is 13.0 Å². The highest BCUT2D eigenvalue weighted by molar-refractivity contribution is 7.15. The fourth-order valence-electron chi connectivity index (χ4n) is 2.08. The minimum Gasteiger partial charge on any atom is -0.347 e. The molecule has 3 rings (SSSR count). The second kappa shape index (κ2) is 5.79. The lowest BCUT2D eigenvalue weighted by Crippen LogP contribution is -2.32. The number of aryl methyl sites for hydroxylation is 1. The van der Waals surface area contributed by atoms with Crippen LogP contribution in [0.25, 0.3) is 4.96 Å². The number of nitrogens with zero attached hydrogens (tertiary/aromatic N) is 2. The summed E-state index contributed by atoms with van der Waals surface area (Å²) in [5.41, 5.74) is 0.387. The Hall–Kier alpha value is -1.99. The molecule has 0 aromatic carbocycles. The summed E-state index contributed by atoms with van der Waals surface area (Å²) in [6, 6.07) is 3.87. The van der Waals surface area contributed by atoms with Gasteiger partial charge in [0.1, 0.15) is 5.56 Å². The normalized spacial score (nSPS) is 10.9. The Labute approximate surface area is 128 Å². The first-order chi connectivity index (χ1) is 10.2. The van der Waals surface area contributed by atoms with Gasteiger partial charge in [-0.05, 0) is 17.9 Å². The summed E-state index contributed by atoms with van der Waals surface area (Å²) in [5, 5.41) is 6.53. The highest BCUT2D eigenvalue weighted by atomic mass is 32.1. The van der Waals surface area contributed by atoms with Crippen molar-refractivity contribution < 1.29 is 4.79 Å². The van der Waals surface area contributed by atoms with Crippen LogP contribution in [0.2, 0.25) is 0 Å². The van der Waals surface area contributed by atoms with E-state index in [-0.39, 0.29) is 17.0 Å². The predicted molar refractivity (Wildman–Crippen MR) is 84.2 cm³/mol. The van der Waals surface area contributed by atoms with E-state index in [4.69, 9.17) is 0 Å². The van der Waals surface area contributed by atoms with Gasteiger partial charge in [0.25, 0.3) is 11.5 Å². The van der Waals surface area contributed by atoms with Crippen LogP contribution in [0.4, 0.5) is 0 Å². The number of fused-ring (bicyclic) bond motifs is 1. The van der Waals surface area contributed by atoms with E-state index in [0.717, 1.165) is 4.88 Å². The Balaban J connectivity index is 1.96. The fraction of sp³-hybridized carbons (Fsp3) is 0.214. The number of aromatic nitrogens is 2. The summed E-state index contributed by atoms with van der Waals surface area (Å²) in [6.45, 7) is 2.31. The van der Waals surface area contributed by atoms with Crippen molar-refractivity contribution in [2.24, 2.45) is 0 Å². The zero-order chi connectivity index (χ0) is 14.8. The SMILES string of the molecule is CCc1nc2sccn2c(=O)c1C(=O)NCc1cccs1. The number of thiophene rings is 1. The predicted octanol–water partition coefficient (Wildman–Crippen LogP) is 2.31. The van der Waals surface area contributed by atoms with Crippen LogP contribution in [-0.4, -0.2) is 15.3 Å². The molecule has 3 heterocycles. The first-order valence-corrected chi connectivity index (χ1v) is 8.26. The van der Waals surface area contributed by atoms with E-state index in [1.54, 1.807) is 22.9 Å². The molecule has 108 valence electrons. The Morgan fingerprint density at radius 3 is 2.95 bits per heavy atom. The Morgan fingerprint density at radius 2 is 2.24 bits per heavy atom. The van der Waals surface area contributed by atoms with Gasteiger partial charge in [0.2, 0.25) is 0 Å². The number of hydrogen-bond donors (Lipinski definition) is 1. The van der Waals surface area contributed by atoms with Gasteiger partial charge < -0.3 is 5.32 Å². The molecule has 0 aliphatic rings. The van der Waals surface area contributed by atoms with Gasteiger partial charge in [0.15, 0.2) is 4.96 Å². The molecule has 0 spiro atoms. The lowest BCUT2D eigenvalue weighted by molar-refractivity contribution is 0.0948. The lowest BCUT2D eigenvalue weighted by atomic mass is 10.1. The topological polar surface area (TPSA) is 63.5 Å². The largest absolute Gasteiger partial charge is 0.347 e. The fourth-order valence-corrected chi connectivity index (χ4v) is 3.44. The summed E-state index contributed by atoms with van der Waals surface area (Å²) < 4.78 is 1.42. The highest BCUT2D eigenvalue weighted by Crippen LogP contribution is 2.12. The Bertz CT molecular complexity index is 834. The molecule has 0 aliphatic carbocycles. The van der Waals surface area contributed by atoms with Crippen molar-refractivity contribution in [2.45, 2.75) is 19.9 Å². The molecule has 5 nitrogen and oxygen atoms in total. The van der Waals surface area contributed by atoms with Gasteiger partial charge in [-0.15, -0.1) is 22.7 Å². The van der Waals surface area contributed by atoms with Gasteiger partial charge in [-0.3, -0.25) is 14.0 Å². The van der Waals surface area contributed by atoms with Crippen molar-refractivity contribution in [1.29, 1.82) is 0 Å². The van der Waals surface area contributed by atoms with Gasteiger partial charge >= 0.3 is 0 Å². The molecule has 0 aliphatic heterocycles. The smallest absolute Gasteiger partial charge is 0.271 e. The van der Waals surface area contributed by atoms with Crippen molar-refractivity contribution in [2.75, 3.05) is 0 Å². The molecule has 3 aromatic rings. The van der Waals surface area contributed by atoms with Crippen LogP contribution in [0.15, 0.2) is 33.9 Å². The molecule has 1 N–H and O–H groups in total. The maximum Gasteiger partial charge on any atom is 0.271 e. The summed E-state index contributed by atoms with van der Waals surface area (Å²) in [5.74, 6) is -0.363. The maximum absolute atomic E-state index is 12.4. The maximum atomic E-state index is 12.4. The highest BCUT2D eigenvalue weighted by Gasteiger charge is 2.19. The molecule has 0 atom stereocenters. The van der Waals surface area contributed by atoms with Gasteiger partial charge in [0, 0.05) is 16.5 Å². The van der Waals surface area contributed by atoms with Crippen LogP contribution in [0, 0.1) is 0 Å². The molecule has 0 unspecified atom stereocenters. The number of amides is 1. The molecule has 21 heavy (non-hydrogen) atoms. The van der Waals surface area contributed by atoms with Crippen molar-refractivity contribution in [3.63, 3.8) is 0 Å². The molecule has 1 amide bonds. The number of carbonyl (C=O) groups is 1. The van der Waals surface area contributed by atoms with E-state index >= 15 is 0 Å². The molecule has 0 saturated carbocycles. The molecular formula is C14H13N3O2S2. The van der Waals surface area contributed by atoms with Gasteiger partial charge in [-0.1, -0.05) is 13.0 Å². The third kappa shape index (κ3) is 2.62. The molecule has 0 saturated heterocycles. The average molecular weight is 319 g/mol. The van der Waals surface area contributed by atoms with Crippen LogP contribution < -0.4 is 10.9 Å². The molecule has 0 bridgehead atoms. The summed E-state index contributed by atoms with van der Waals surface area (Å²) in [7, 11) is 0. The number of hydrogen-bond acceptors (Lipinski definition) is 5. The monoisotopic (exact) mass is 319 g/mol. The zero-order valence-electron chi connectivity index (χ0n) is 11.3. The van der Waals surface area contributed by atoms with Crippen LogP contribution in [0.3, 0.4) is 0 Å². The summed E-state index contributed by atoms with van der Waals surface area (Å²) >= 11 is 2.95. The van der Waals surface area contributed by atoms with Crippen LogP contribution in [0.1, 0.15) is 27.9 Å². The minimum absolute atomic E-state index is 0.143. The average Bonchev–Trinajstić information content (AvgIpc) is 3.15. The van der Waals surface area contributed by atoms with E-state index in [9.17, 15) is 9.59 Å². The zero-order valence-corrected chi connectivity index (χ0v) is 13.0. The molecule has 0 radical (unpaired) electrons. The van der Waals surface area contributed by atoms with Crippen LogP contribution >= 0.6 is 22.7 Å². The number of thiazole rings is 1. The van der Waals surface area contributed by atoms with Gasteiger partial charge in [-0.25, -0.2) is 4.98 Å². The Morgan fingerprint density at radius 1 is 1.38 bits per heavy atom. The number of carbonyl (C=O) groups excluding carboxylic acids is 1. The molecule has 7 heteroatoms. The van der Waals surface area contributed by atoms with Gasteiger partial charge in [0.05, 0.1) is 12.2 Å². The van der Waals surface area contributed by atoms with Crippen molar-refractivity contribution in [3.05, 3.63) is 55.6 Å². The third-order valence-corrected chi connectivity index (χ3v) is 4.74. The van der Waals surface area contributed by atoms with Gasteiger partial charge in [-0.2, -0.15) is 0 Å². The van der Waals surface area contributed by atoms with Crippen molar-refractivity contribution in [1.82, 2.24) is 14.7 Å². The van der Waals surface area contributed by atoms with E-state index < -0.39 is 0 Å². The van der Waals surface area contributed by atoms with Crippen molar-refractivity contribution in [3.8, 4) is 0 Å². The van der Waals surface area contributed by atoms with Crippen molar-refractivity contribution >= 4 is 33.5 Å². The van der Waals surface area contributed by atoms with Crippen LogP contribution in [0.5, 0.6) is 0 Å². The minimum atomic E-state index is -0.363. The van der Waals surface area contributed by atoms with E-state index in [2.05, 4.69) is 10.3 Å². The first-order valence-electron chi connectivity index (χ1n) is 6.50. The number of rotatable bonds is 4. The Kier molecular flexibility index (Phi) is 3.85. The quantitative estimate of drug-likeness (QED) is 0.802. The first kappa shape index (κ1) is 14.0. The molecular weight excluding hydrogens is 306 g/mol. The lowest BCUT2D eigenvalue weighted by Gasteiger charge is -2.07. The van der Waals surface area contributed by atoms with E-state index in [1.165, 1.54) is 15.7 Å². The number of nitrogens with one attached hydrogen (secondary N) is 1. The second-order valence-electron chi connectivity index (χ2n) is 4.41. The second-order valence-corrected chi connectivity index (χ2v) is 6.32. The van der Waals surface area contributed by atoms with E-state index in [0.29, 0.717) is 23.6 Å².